The second kappa shape index (κ2) is 2.69. The van der Waals surface area contributed by atoms with Crippen LogP contribution in [-0.4, -0.2) is 21.3 Å². The lowest BCUT2D eigenvalue weighted by Gasteiger charge is -2.00. The van der Waals surface area contributed by atoms with Gasteiger partial charge in [-0.25, -0.2) is 9.18 Å². The summed E-state index contributed by atoms with van der Waals surface area (Å²) in [7, 11) is 0. The zero-order valence-corrected chi connectivity index (χ0v) is 5.78. The van der Waals surface area contributed by atoms with Crippen LogP contribution in [-0.2, 0) is 0 Å². The first-order chi connectivity index (χ1) is 5.52. The third-order valence-electron chi connectivity index (χ3n) is 1.29. The smallest absolute Gasteiger partial charge is 0.338 e. The number of carboxylic acids is 1. The minimum absolute atomic E-state index is 0.540. The van der Waals surface area contributed by atoms with Gasteiger partial charge in [0.15, 0.2) is 11.5 Å². The van der Waals surface area contributed by atoms with Crippen molar-refractivity contribution in [2.45, 2.75) is 0 Å². The molecule has 4 nitrogen and oxygen atoms in total. The minimum atomic E-state index is -1.50. The van der Waals surface area contributed by atoms with Crippen molar-refractivity contribution in [3.63, 3.8) is 0 Å². The summed E-state index contributed by atoms with van der Waals surface area (Å²) in [6.07, 6.45) is 0. The molecule has 0 heterocycles. The van der Waals surface area contributed by atoms with Gasteiger partial charge in [0.1, 0.15) is 5.82 Å². The minimum Gasteiger partial charge on any atom is -0.504 e. The molecule has 0 atom stereocenters. The van der Waals surface area contributed by atoms with Crippen LogP contribution in [0.4, 0.5) is 4.39 Å². The van der Waals surface area contributed by atoms with Crippen LogP contribution < -0.4 is 0 Å². The SMILES string of the molecule is O=C(O)c1cc(O)c(O)cc1F. The Morgan fingerprint density at radius 3 is 2.25 bits per heavy atom. The summed E-state index contributed by atoms with van der Waals surface area (Å²) in [5.74, 6) is -3.92. The molecular weight excluding hydrogens is 167 g/mol. The Bertz CT molecular complexity index is 334. The van der Waals surface area contributed by atoms with Gasteiger partial charge < -0.3 is 15.3 Å². The van der Waals surface area contributed by atoms with E-state index in [0.29, 0.717) is 12.1 Å². The molecule has 0 aliphatic rings. The number of rotatable bonds is 1. The molecular formula is C7H5FO4. The van der Waals surface area contributed by atoms with E-state index < -0.39 is 28.8 Å². The van der Waals surface area contributed by atoms with Gasteiger partial charge >= 0.3 is 5.97 Å². The van der Waals surface area contributed by atoms with E-state index in [9.17, 15) is 9.18 Å². The van der Waals surface area contributed by atoms with Gasteiger partial charge in [-0.3, -0.25) is 0 Å². The van der Waals surface area contributed by atoms with Crippen LogP contribution in [0.15, 0.2) is 12.1 Å². The number of hydrogen-bond acceptors (Lipinski definition) is 3. The normalized spacial score (nSPS) is 9.75. The summed E-state index contributed by atoms with van der Waals surface area (Å²) < 4.78 is 12.6. The van der Waals surface area contributed by atoms with Crippen LogP contribution >= 0.6 is 0 Å². The summed E-state index contributed by atoms with van der Waals surface area (Å²) in [6, 6.07) is 1.19. The molecule has 0 unspecified atom stereocenters. The lowest BCUT2D eigenvalue weighted by Crippen LogP contribution is -1.99. The van der Waals surface area contributed by atoms with Gasteiger partial charge in [-0.05, 0) is 0 Å². The molecule has 0 aliphatic heterocycles. The van der Waals surface area contributed by atoms with Gasteiger partial charge in [0.25, 0.3) is 0 Å². The molecule has 1 aromatic rings. The summed E-state index contributed by atoms with van der Waals surface area (Å²) in [5.41, 5.74) is -0.676. The first kappa shape index (κ1) is 8.32. The molecule has 5 heteroatoms. The van der Waals surface area contributed by atoms with E-state index in [1.165, 1.54) is 0 Å². The third-order valence-corrected chi connectivity index (χ3v) is 1.29. The number of hydrogen-bond donors (Lipinski definition) is 3. The van der Waals surface area contributed by atoms with Crippen molar-refractivity contribution in [1.29, 1.82) is 0 Å². The highest BCUT2D eigenvalue weighted by Crippen LogP contribution is 2.27. The number of phenolic OH excluding ortho intramolecular Hbond substituents is 2. The van der Waals surface area contributed by atoms with Crippen LogP contribution in [0.3, 0.4) is 0 Å². The largest absolute Gasteiger partial charge is 0.504 e. The Balaban J connectivity index is 3.33. The molecule has 1 rings (SSSR count). The van der Waals surface area contributed by atoms with Crippen molar-refractivity contribution in [2.24, 2.45) is 0 Å². The predicted molar refractivity (Wildman–Crippen MR) is 36.7 cm³/mol. The maximum atomic E-state index is 12.6. The van der Waals surface area contributed by atoms with Gasteiger partial charge in [-0.2, -0.15) is 0 Å². The first-order valence-electron chi connectivity index (χ1n) is 2.97. The second-order valence-electron chi connectivity index (χ2n) is 2.13. The molecule has 3 N–H and O–H groups in total. The lowest BCUT2D eigenvalue weighted by atomic mass is 10.2. The molecule has 0 amide bonds. The highest BCUT2D eigenvalue weighted by molar-refractivity contribution is 5.88. The molecule has 0 aromatic heterocycles. The van der Waals surface area contributed by atoms with Gasteiger partial charge in [-0.1, -0.05) is 0 Å². The molecule has 0 aliphatic carbocycles. The van der Waals surface area contributed by atoms with Gasteiger partial charge in [0.2, 0.25) is 0 Å². The topological polar surface area (TPSA) is 77.8 Å². The molecule has 0 saturated carbocycles. The van der Waals surface area contributed by atoms with E-state index in [4.69, 9.17) is 15.3 Å². The molecule has 64 valence electrons. The average molecular weight is 172 g/mol. The highest BCUT2D eigenvalue weighted by Gasteiger charge is 2.13. The van der Waals surface area contributed by atoms with E-state index in [1.807, 2.05) is 0 Å². The Morgan fingerprint density at radius 1 is 1.25 bits per heavy atom. The summed E-state index contributed by atoms with van der Waals surface area (Å²) in [6.45, 7) is 0. The number of halogens is 1. The second-order valence-corrected chi connectivity index (χ2v) is 2.13. The van der Waals surface area contributed by atoms with E-state index in [0.717, 1.165) is 0 Å². The van der Waals surface area contributed by atoms with E-state index in [-0.39, 0.29) is 0 Å². The van der Waals surface area contributed by atoms with Crippen LogP contribution in [0.2, 0.25) is 0 Å². The van der Waals surface area contributed by atoms with Crippen molar-refractivity contribution in [3.8, 4) is 11.5 Å². The monoisotopic (exact) mass is 172 g/mol. The highest BCUT2D eigenvalue weighted by atomic mass is 19.1. The zero-order chi connectivity index (χ0) is 9.30. The molecule has 0 radical (unpaired) electrons. The zero-order valence-electron chi connectivity index (χ0n) is 5.78. The Kier molecular flexibility index (Phi) is 1.86. The van der Waals surface area contributed by atoms with Crippen LogP contribution in [0.1, 0.15) is 10.4 Å². The average Bonchev–Trinajstić information content (AvgIpc) is 1.96. The molecule has 12 heavy (non-hydrogen) atoms. The van der Waals surface area contributed by atoms with Crippen LogP contribution in [0, 0.1) is 5.82 Å². The van der Waals surface area contributed by atoms with E-state index in [1.54, 1.807) is 0 Å². The Labute approximate surface area is 66.5 Å². The summed E-state index contributed by atoms with van der Waals surface area (Å²) in [4.78, 5) is 10.3. The first-order valence-corrected chi connectivity index (χ1v) is 2.97. The lowest BCUT2D eigenvalue weighted by molar-refractivity contribution is 0.0691. The number of carboxylic acid groups (broad SMARTS) is 1. The molecule has 1 aromatic carbocycles. The fraction of sp³-hybridized carbons (Fsp3) is 0. The molecule has 0 spiro atoms. The summed E-state index contributed by atoms with van der Waals surface area (Å²) in [5, 5.41) is 25.9. The molecule has 0 fully saturated rings. The Hall–Kier alpha value is -1.78. The van der Waals surface area contributed by atoms with Crippen molar-refractivity contribution < 1.29 is 24.5 Å². The number of aromatic hydroxyl groups is 2. The Morgan fingerprint density at radius 2 is 1.75 bits per heavy atom. The standard InChI is InChI=1S/C7H5FO4/c8-4-2-6(10)5(9)1-3(4)7(11)12/h1-2,9-10H,(H,11,12). The number of aromatic carboxylic acids is 1. The van der Waals surface area contributed by atoms with Gasteiger partial charge in [-0.15, -0.1) is 0 Å². The number of phenols is 2. The maximum absolute atomic E-state index is 12.6. The maximum Gasteiger partial charge on any atom is 0.338 e. The van der Waals surface area contributed by atoms with Gasteiger partial charge in [0.05, 0.1) is 5.56 Å². The fourth-order valence-corrected chi connectivity index (χ4v) is 0.715. The fourth-order valence-electron chi connectivity index (χ4n) is 0.715. The molecule has 0 bridgehead atoms. The summed E-state index contributed by atoms with van der Waals surface area (Å²) >= 11 is 0. The van der Waals surface area contributed by atoms with Gasteiger partial charge in [0, 0.05) is 12.1 Å². The third kappa shape index (κ3) is 1.29. The van der Waals surface area contributed by atoms with E-state index >= 15 is 0 Å². The van der Waals surface area contributed by atoms with Crippen LogP contribution in [0.25, 0.3) is 0 Å². The van der Waals surface area contributed by atoms with Crippen LogP contribution in [0.5, 0.6) is 11.5 Å². The number of carbonyl (C=O) groups is 1. The predicted octanol–water partition coefficient (Wildman–Crippen LogP) is 0.935. The molecule has 0 saturated heterocycles. The van der Waals surface area contributed by atoms with Crippen molar-refractivity contribution in [1.82, 2.24) is 0 Å². The van der Waals surface area contributed by atoms with Crippen molar-refractivity contribution >= 4 is 5.97 Å². The number of benzene rings is 1. The van der Waals surface area contributed by atoms with Crippen molar-refractivity contribution in [3.05, 3.63) is 23.5 Å². The quantitative estimate of drug-likeness (QED) is 0.551. The van der Waals surface area contributed by atoms with E-state index in [2.05, 4.69) is 0 Å². The van der Waals surface area contributed by atoms with Crippen molar-refractivity contribution in [2.75, 3.05) is 0 Å².